The number of amides is 2. The first-order valence-electron chi connectivity index (χ1n) is 6.45. The second-order valence-electron chi connectivity index (χ2n) is 4.54. The van der Waals surface area contributed by atoms with E-state index < -0.39 is 0 Å². The molecular weight excluding hydrogens is 202 g/mol. The summed E-state index contributed by atoms with van der Waals surface area (Å²) in [4.78, 5) is 13.2. The molecule has 1 fully saturated rings. The van der Waals surface area contributed by atoms with Gasteiger partial charge in [0.2, 0.25) is 0 Å². The average Bonchev–Trinajstić information content (AvgIpc) is 2.66. The van der Waals surface area contributed by atoms with Gasteiger partial charge in [-0.15, -0.1) is 0 Å². The van der Waals surface area contributed by atoms with E-state index in [1.54, 1.807) is 0 Å². The Kier molecular flexibility index (Phi) is 5.60. The largest absolute Gasteiger partial charge is 0.336 e. The van der Waals surface area contributed by atoms with Gasteiger partial charge in [0, 0.05) is 32.2 Å². The number of nitrogens with zero attached hydrogens (tertiary/aromatic N) is 1. The predicted octanol–water partition coefficient (Wildman–Crippen LogP) is 1.43. The molecule has 4 nitrogen and oxygen atoms in total. The molecule has 0 aromatic carbocycles. The topological polar surface area (TPSA) is 44.4 Å². The van der Waals surface area contributed by atoms with Gasteiger partial charge in [0.05, 0.1) is 0 Å². The number of urea groups is 1. The van der Waals surface area contributed by atoms with E-state index in [1.165, 1.54) is 12.8 Å². The highest BCUT2D eigenvalue weighted by molar-refractivity contribution is 5.76. The van der Waals surface area contributed by atoms with E-state index in [0.717, 1.165) is 32.1 Å². The minimum absolute atomic E-state index is 0.0805. The van der Waals surface area contributed by atoms with Gasteiger partial charge in [0.1, 0.15) is 0 Å². The van der Waals surface area contributed by atoms with Gasteiger partial charge >= 0.3 is 6.03 Å². The molecule has 1 atom stereocenters. The smallest absolute Gasteiger partial charge is 0.317 e. The molecule has 0 aromatic heterocycles. The summed E-state index contributed by atoms with van der Waals surface area (Å²) >= 11 is 0. The van der Waals surface area contributed by atoms with Crippen molar-refractivity contribution in [3.63, 3.8) is 0 Å². The van der Waals surface area contributed by atoms with Crippen molar-refractivity contribution >= 4 is 6.03 Å². The van der Waals surface area contributed by atoms with Gasteiger partial charge in [-0.2, -0.15) is 0 Å². The Labute approximate surface area is 98.8 Å². The molecule has 2 N–H and O–H groups in total. The Morgan fingerprint density at radius 3 is 2.62 bits per heavy atom. The lowest BCUT2D eigenvalue weighted by molar-refractivity contribution is 0.216. The third-order valence-corrected chi connectivity index (χ3v) is 3.55. The van der Waals surface area contributed by atoms with Crippen LogP contribution in [0.5, 0.6) is 0 Å². The Morgan fingerprint density at radius 1 is 1.44 bits per heavy atom. The van der Waals surface area contributed by atoms with Crippen LogP contribution >= 0.6 is 0 Å². The second-order valence-corrected chi connectivity index (χ2v) is 4.54. The van der Waals surface area contributed by atoms with E-state index in [4.69, 9.17) is 0 Å². The summed E-state index contributed by atoms with van der Waals surface area (Å²) in [5.74, 6) is 0.743. The van der Waals surface area contributed by atoms with Gasteiger partial charge in [0.15, 0.2) is 0 Å². The molecule has 1 aliphatic heterocycles. The van der Waals surface area contributed by atoms with Gasteiger partial charge in [-0.25, -0.2) is 4.79 Å². The van der Waals surface area contributed by atoms with Crippen molar-refractivity contribution < 1.29 is 4.79 Å². The number of hydrogen-bond donors (Lipinski definition) is 2. The Morgan fingerprint density at radius 2 is 2.12 bits per heavy atom. The van der Waals surface area contributed by atoms with Crippen molar-refractivity contribution in [2.45, 2.75) is 39.7 Å². The maximum atomic E-state index is 11.3. The second kappa shape index (κ2) is 6.74. The maximum absolute atomic E-state index is 11.3. The SMILES string of the molecule is CCC(CC)C(C)NCCN1CCNC1=O. The first-order valence-corrected chi connectivity index (χ1v) is 6.45. The molecule has 0 spiro atoms. The van der Waals surface area contributed by atoms with Crippen molar-refractivity contribution in [2.75, 3.05) is 26.2 Å². The molecule has 2 amide bonds. The van der Waals surface area contributed by atoms with E-state index in [-0.39, 0.29) is 6.03 Å². The molecule has 0 radical (unpaired) electrons. The van der Waals surface area contributed by atoms with Crippen LogP contribution in [0.3, 0.4) is 0 Å². The van der Waals surface area contributed by atoms with Crippen molar-refractivity contribution in [2.24, 2.45) is 5.92 Å². The van der Waals surface area contributed by atoms with E-state index >= 15 is 0 Å². The molecule has 0 bridgehead atoms. The van der Waals surface area contributed by atoms with Gasteiger partial charge in [-0.1, -0.05) is 26.7 Å². The zero-order valence-corrected chi connectivity index (χ0v) is 10.8. The van der Waals surface area contributed by atoms with Crippen molar-refractivity contribution in [1.82, 2.24) is 15.5 Å². The molecule has 0 aliphatic carbocycles. The van der Waals surface area contributed by atoms with Crippen LogP contribution in [0, 0.1) is 5.92 Å². The maximum Gasteiger partial charge on any atom is 0.317 e. The lowest BCUT2D eigenvalue weighted by Gasteiger charge is -2.24. The number of rotatable bonds is 7. The number of carbonyl (C=O) groups is 1. The molecule has 16 heavy (non-hydrogen) atoms. The standard InChI is InChI=1S/C12H25N3O/c1-4-11(5-2)10(3)13-6-8-15-9-7-14-12(15)16/h10-11,13H,4-9H2,1-3H3,(H,14,16). The lowest BCUT2D eigenvalue weighted by Crippen LogP contribution is -2.40. The lowest BCUT2D eigenvalue weighted by atomic mass is 9.95. The number of carbonyl (C=O) groups excluding carboxylic acids is 1. The van der Waals surface area contributed by atoms with Crippen LogP contribution in [0.1, 0.15) is 33.6 Å². The van der Waals surface area contributed by atoms with Crippen LogP contribution < -0.4 is 10.6 Å². The highest BCUT2D eigenvalue weighted by Crippen LogP contribution is 2.12. The number of nitrogens with one attached hydrogen (secondary N) is 2. The van der Waals surface area contributed by atoms with Gasteiger partial charge < -0.3 is 15.5 Å². The molecule has 0 aromatic rings. The van der Waals surface area contributed by atoms with Gasteiger partial charge in [-0.3, -0.25) is 0 Å². The van der Waals surface area contributed by atoms with Crippen LogP contribution in [0.2, 0.25) is 0 Å². The first kappa shape index (κ1) is 13.3. The van der Waals surface area contributed by atoms with Gasteiger partial charge in [0.25, 0.3) is 0 Å². The molecular formula is C12H25N3O. The minimum Gasteiger partial charge on any atom is -0.336 e. The fourth-order valence-electron chi connectivity index (χ4n) is 2.31. The molecule has 1 rings (SSSR count). The summed E-state index contributed by atoms with van der Waals surface area (Å²) in [7, 11) is 0. The minimum atomic E-state index is 0.0805. The van der Waals surface area contributed by atoms with Crippen LogP contribution in [0.15, 0.2) is 0 Å². The molecule has 94 valence electrons. The van der Waals surface area contributed by atoms with E-state index in [0.29, 0.717) is 6.04 Å². The van der Waals surface area contributed by atoms with Crippen LogP contribution in [-0.4, -0.2) is 43.2 Å². The third-order valence-electron chi connectivity index (χ3n) is 3.55. The quantitative estimate of drug-likeness (QED) is 0.691. The highest BCUT2D eigenvalue weighted by atomic mass is 16.2. The van der Waals surface area contributed by atoms with Crippen molar-refractivity contribution in [3.05, 3.63) is 0 Å². The molecule has 4 heteroatoms. The predicted molar refractivity (Wildman–Crippen MR) is 66.5 cm³/mol. The van der Waals surface area contributed by atoms with E-state index in [9.17, 15) is 4.79 Å². The Bertz CT molecular complexity index is 216. The molecule has 0 saturated carbocycles. The van der Waals surface area contributed by atoms with E-state index in [2.05, 4.69) is 31.4 Å². The first-order chi connectivity index (χ1) is 7.69. The monoisotopic (exact) mass is 227 g/mol. The van der Waals surface area contributed by atoms with Crippen LogP contribution in [-0.2, 0) is 0 Å². The molecule has 1 heterocycles. The van der Waals surface area contributed by atoms with Crippen LogP contribution in [0.25, 0.3) is 0 Å². The summed E-state index contributed by atoms with van der Waals surface area (Å²) in [6.45, 7) is 10.1. The normalized spacial score (nSPS) is 18.0. The fraction of sp³-hybridized carbons (Fsp3) is 0.917. The Hall–Kier alpha value is -0.770. The van der Waals surface area contributed by atoms with Gasteiger partial charge in [-0.05, 0) is 12.8 Å². The molecule has 1 unspecified atom stereocenters. The molecule has 1 saturated heterocycles. The van der Waals surface area contributed by atoms with Crippen LogP contribution in [0.4, 0.5) is 4.79 Å². The summed E-state index contributed by atoms with van der Waals surface area (Å²) in [6.07, 6.45) is 2.43. The third kappa shape index (κ3) is 3.67. The van der Waals surface area contributed by atoms with Crippen molar-refractivity contribution in [1.29, 1.82) is 0 Å². The van der Waals surface area contributed by atoms with Crippen molar-refractivity contribution in [3.8, 4) is 0 Å². The summed E-state index contributed by atoms with van der Waals surface area (Å²) in [5, 5.41) is 6.32. The summed E-state index contributed by atoms with van der Waals surface area (Å²) < 4.78 is 0. The molecule has 1 aliphatic rings. The van der Waals surface area contributed by atoms with E-state index in [1.807, 2.05) is 4.90 Å². The fourth-order valence-corrected chi connectivity index (χ4v) is 2.31. The zero-order chi connectivity index (χ0) is 12.0. The summed E-state index contributed by atoms with van der Waals surface area (Å²) in [5.41, 5.74) is 0. The Balaban J connectivity index is 2.16. The zero-order valence-electron chi connectivity index (χ0n) is 10.8. The summed E-state index contributed by atoms with van der Waals surface area (Å²) in [6, 6.07) is 0.623. The highest BCUT2D eigenvalue weighted by Gasteiger charge is 2.19. The number of hydrogen-bond acceptors (Lipinski definition) is 2. The average molecular weight is 227 g/mol.